The third kappa shape index (κ3) is 3.93. The zero-order valence-electron chi connectivity index (χ0n) is 11.1. The summed E-state index contributed by atoms with van der Waals surface area (Å²) in [4.78, 5) is 14.1. The summed E-state index contributed by atoms with van der Waals surface area (Å²) in [7, 11) is 0. The normalized spacial score (nSPS) is 30.1. The summed E-state index contributed by atoms with van der Waals surface area (Å²) in [5.74, 6) is -0.00589. The number of likely N-dealkylation sites (tertiary alicyclic amines) is 1. The summed E-state index contributed by atoms with van der Waals surface area (Å²) in [6.07, 6.45) is 3.21. The van der Waals surface area contributed by atoms with Crippen LogP contribution in [0.5, 0.6) is 0 Å². The summed E-state index contributed by atoms with van der Waals surface area (Å²) in [5, 5.41) is 0. The van der Waals surface area contributed by atoms with Gasteiger partial charge in [-0.15, -0.1) is 0 Å². The molecule has 2 rings (SSSR count). The van der Waals surface area contributed by atoms with E-state index in [0.717, 1.165) is 45.5 Å². The van der Waals surface area contributed by atoms with Gasteiger partial charge in [-0.1, -0.05) is 0 Å². The van der Waals surface area contributed by atoms with Crippen LogP contribution >= 0.6 is 0 Å². The highest BCUT2D eigenvalue weighted by atomic mass is 16.7. The number of piperidine rings is 1. The lowest BCUT2D eigenvalue weighted by Crippen LogP contribution is -2.44. The maximum Gasteiger partial charge on any atom is 0.310 e. The molecule has 5 heteroatoms. The van der Waals surface area contributed by atoms with Gasteiger partial charge in [-0.05, 0) is 32.7 Å². The number of hydrogen-bond donors (Lipinski definition) is 0. The number of ether oxygens (including phenoxy) is 3. The molecule has 104 valence electrons. The van der Waals surface area contributed by atoms with Crippen LogP contribution in [0.3, 0.4) is 0 Å². The van der Waals surface area contributed by atoms with E-state index < -0.39 is 0 Å². The van der Waals surface area contributed by atoms with E-state index in [0.29, 0.717) is 13.4 Å². The Morgan fingerprint density at radius 1 is 1.44 bits per heavy atom. The fourth-order valence-corrected chi connectivity index (χ4v) is 2.61. The molecule has 2 aliphatic heterocycles. The van der Waals surface area contributed by atoms with Gasteiger partial charge in [0.25, 0.3) is 0 Å². The lowest BCUT2D eigenvalue weighted by molar-refractivity contribution is -0.154. The Balaban J connectivity index is 1.77. The second kappa shape index (κ2) is 7.07. The Morgan fingerprint density at radius 2 is 2.33 bits per heavy atom. The third-order valence-electron chi connectivity index (χ3n) is 3.56. The molecule has 0 aromatic rings. The molecule has 0 aromatic carbocycles. The first-order valence-electron chi connectivity index (χ1n) is 6.88. The highest BCUT2D eigenvalue weighted by Crippen LogP contribution is 2.19. The molecule has 2 saturated heterocycles. The van der Waals surface area contributed by atoms with Crippen molar-refractivity contribution in [2.45, 2.75) is 32.3 Å². The van der Waals surface area contributed by atoms with Crippen LogP contribution in [-0.4, -0.2) is 56.6 Å². The highest BCUT2D eigenvalue weighted by molar-refractivity contribution is 5.72. The molecule has 5 nitrogen and oxygen atoms in total. The lowest BCUT2D eigenvalue weighted by atomic mass is 9.98. The van der Waals surface area contributed by atoms with Gasteiger partial charge in [0.05, 0.1) is 25.2 Å². The topological polar surface area (TPSA) is 48.0 Å². The molecule has 0 saturated carbocycles. The summed E-state index contributed by atoms with van der Waals surface area (Å²) >= 11 is 0. The molecule has 2 atom stereocenters. The van der Waals surface area contributed by atoms with Gasteiger partial charge in [-0.2, -0.15) is 0 Å². The first-order valence-corrected chi connectivity index (χ1v) is 6.88. The Morgan fingerprint density at radius 3 is 3.06 bits per heavy atom. The van der Waals surface area contributed by atoms with E-state index in [-0.39, 0.29) is 18.0 Å². The monoisotopic (exact) mass is 257 g/mol. The van der Waals surface area contributed by atoms with Crippen molar-refractivity contribution in [3.8, 4) is 0 Å². The first kappa shape index (κ1) is 13.8. The average molecular weight is 257 g/mol. The van der Waals surface area contributed by atoms with Crippen LogP contribution in [0.2, 0.25) is 0 Å². The second-order valence-electron chi connectivity index (χ2n) is 4.95. The van der Waals surface area contributed by atoms with E-state index in [4.69, 9.17) is 14.2 Å². The van der Waals surface area contributed by atoms with Gasteiger partial charge < -0.3 is 14.2 Å². The number of nitrogens with zero attached hydrogens (tertiary/aromatic N) is 1. The van der Waals surface area contributed by atoms with Crippen LogP contribution in [0.15, 0.2) is 0 Å². The van der Waals surface area contributed by atoms with Gasteiger partial charge in [0.15, 0.2) is 0 Å². The van der Waals surface area contributed by atoms with Gasteiger partial charge in [0, 0.05) is 13.1 Å². The van der Waals surface area contributed by atoms with Crippen molar-refractivity contribution in [2.24, 2.45) is 5.92 Å². The van der Waals surface area contributed by atoms with Crippen LogP contribution in [0.4, 0.5) is 0 Å². The quantitative estimate of drug-likeness (QED) is 0.704. The second-order valence-corrected chi connectivity index (χ2v) is 4.95. The SMILES string of the molecule is CCOC(=O)C1CCCN(CC2CCOCO2)C1. The number of carbonyl (C=O) groups excluding carboxylic acids is 1. The Bertz CT molecular complexity index is 266. The molecule has 0 radical (unpaired) electrons. The number of carbonyl (C=O) groups is 1. The molecule has 2 heterocycles. The molecule has 0 spiro atoms. The number of rotatable bonds is 4. The summed E-state index contributed by atoms with van der Waals surface area (Å²) < 4.78 is 15.8. The van der Waals surface area contributed by atoms with Gasteiger partial charge >= 0.3 is 5.97 Å². The minimum atomic E-state index is -0.0462. The minimum absolute atomic E-state index is 0.0403. The number of esters is 1. The van der Waals surface area contributed by atoms with Gasteiger partial charge in [0.1, 0.15) is 6.79 Å². The zero-order valence-corrected chi connectivity index (χ0v) is 11.1. The maximum atomic E-state index is 11.7. The Labute approximate surface area is 108 Å². The van der Waals surface area contributed by atoms with Crippen molar-refractivity contribution >= 4 is 5.97 Å². The highest BCUT2D eigenvalue weighted by Gasteiger charge is 2.28. The maximum absolute atomic E-state index is 11.7. The van der Waals surface area contributed by atoms with E-state index >= 15 is 0 Å². The molecule has 0 aliphatic carbocycles. The predicted octanol–water partition coefficient (Wildman–Crippen LogP) is 1.02. The number of hydrogen-bond acceptors (Lipinski definition) is 5. The predicted molar refractivity (Wildman–Crippen MR) is 66.1 cm³/mol. The molecule has 0 bridgehead atoms. The van der Waals surface area contributed by atoms with Crippen LogP contribution in [0.1, 0.15) is 26.2 Å². The van der Waals surface area contributed by atoms with Gasteiger partial charge in [-0.25, -0.2) is 0 Å². The van der Waals surface area contributed by atoms with E-state index in [1.165, 1.54) is 0 Å². The van der Waals surface area contributed by atoms with E-state index in [2.05, 4.69) is 4.90 Å². The van der Waals surface area contributed by atoms with Crippen molar-refractivity contribution in [1.82, 2.24) is 4.90 Å². The molecule has 0 amide bonds. The van der Waals surface area contributed by atoms with E-state index in [9.17, 15) is 4.79 Å². The fourth-order valence-electron chi connectivity index (χ4n) is 2.61. The molecule has 2 fully saturated rings. The molecule has 0 aromatic heterocycles. The van der Waals surface area contributed by atoms with Crippen LogP contribution < -0.4 is 0 Å². The minimum Gasteiger partial charge on any atom is -0.466 e. The molecule has 2 unspecified atom stereocenters. The first-order chi connectivity index (χ1) is 8.79. The average Bonchev–Trinajstić information content (AvgIpc) is 2.40. The van der Waals surface area contributed by atoms with Crippen molar-refractivity contribution in [3.05, 3.63) is 0 Å². The Kier molecular flexibility index (Phi) is 5.41. The summed E-state index contributed by atoms with van der Waals surface area (Å²) in [6, 6.07) is 0. The summed E-state index contributed by atoms with van der Waals surface area (Å²) in [6.45, 7) is 6.27. The summed E-state index contributed by atoms with van der Waals surface area (Å²) in [5.41, 5.74) is 0. The standard InChI is InChI=1S/C13H23NO4/c1-2-17-13(15)11-4-3-6-14(8-11)9-12-5-7-16-10-18-12/h11-12H,2-10H2,1H3. The Hall–Kier alpha value is -0.650. The van der Waals surface area contributed by atoms with Crippen LogP contribution in [0.25, 0.3) is 0 Å². The van der Waals surface area contributed by atoms with Crippen molar-refractivity contribution in [2.75, 3.05) is 39.6 Å². The van der Waals surface area contributed by atoms with Crippen molar-refractivity contribution in [1.29, 1.82) is 0 Å². The zero-order chi connectivity index (χ0) is 12.8. The fraction of sp³-hybridized carbons (Fsp3) is 0.923. The molecule has 0 N–H and O–H groups in total. The van der Waals surface area contributed by atoms with Crippen LogP contribution in [0, 0.1) is 5.92 Å². The van der Waals surface area contributed by atoms with E-state index in [1.807, 2.05) is 6.92 Å². The van der Waals surface area contributed by atoms with Crippen molar-refractivity contribution < 1.29 is 19.0 Å². The van der Waals surface area contributed by atoms with Gasteiger partial charge in [0.2, 0.25) is 0 Å². The molecular formula is C13H23NO4. The third-order valence-corrected chi connectivity index (χ3v) is 3.56. The molecule has 2 aliphatic rings. The lowest BCUT2D eigenvalue weighted by Gasteiger charge is -2.34. The van der Waals surface area contributed by atoms with Crippen molar-refractivity contribution in [3.63, 3.8) is 0 Å². The van der Waals surface area contributed by atoms with E-state index in [1.54, 1.807) is 0 Å². The van der Waals surface area contributed by atoms with Gasteiger partial charge in [-0.3, -0.25) is 9.69 Å². The molecular weight excluding hydrogens is 234 g/mol. The van der Waals surface area contributed by atoms with Crippen LogP contribution in [-0.2, 0) is 19.0 Å². The smallest absolute Gasteiger partial charge is 0.310 e. The largest absolute Gasteiger partial charge is 0.466 e. The molecule has 18 heavy (non-hydrogen) atoms.